The molecule has 2 fully saturated rings. The van der Waals surface area contributed by atoms with Gasteiger partial charge in [0, 0.05) is 32.1 Å². The number of halogens is 1. The van der Waals surface area contributed by atoms with Gasteiger partial charge in [-0.25, -0.2) is 0 Å². The van der Waals surface area contributed by atoms with E-state index < -0.39 is 0 Å². The van der Waals surface area contributed by atoms with Crippen LogP contribution in [0.5, 0.6) is 11.5 Å². The van der Waals surface area contributed by atoms with Crippen molar-refractivity contribution in [3.63, 3.8) is 0 Å². The van der Waals surface area contributed by atoms with Crippen molar-refractivity contribution in [1.82, 2.24) is 4.90 Å². The van der Waals surface area contributed by atoms with E-state index in [1.54, 1.807) is 21.9 Å². The molecule has 2 aliphatic heterocycles. The molecule has 1 unspecified atom stereocenters. The average molecular weight is 369 g/mol. The van der Waals surface area contributed by atoms with E-state index in [2.05, 4.69) is 0 Å². The maximum atomic E-state index is 12.7. The Morgan fingerprint density at radius 1 is 1.20 bits per heavy atom. The first-order valence-electron chi connectivity index (χ1n) is 8.13. The maximum absolute atomic E-state index is 12.7. The van der Waals surface area contributed by atoms with Crippen LogP contribution in [-0.2, 0) is 14.3 Å². The van der Waals surface area contributed by atoms with E-state index in [0.29, 0.717) is 55.1 Å². The normalized spacial score (nSPS) is 20.8. The van der Waals surface area contributed by atoms with Gasteiger partial charge in [-0.2, -0.15) is 0 Å². The fourth-order valence-corrected chi connectivity index (χ4v) is 3.44. The first-order chi connectivity index (χ1) is 12.0. The van der Waals surface area contributed by atoms with Crippen LogP contribution in [0.3, 0.4) is 0 Å². The van der Waals surface area contributed by atoms with Crippen molar-refractivity contribution in [1.29, 1.82) is 0 Å². The molecular weight excluding hydrogens is 348 g/mol. The topological polar surface area (TPSA) is 68.3 Å². The van der Waals surface area contributed by atoms with Crippen molar-refractivity contribution in [3.8, 4) is 11.5 Å². The molecule has 0 saturated carbocycles. The number of methoxy groups -OCH3 is 2. The van der Waals surface area contributed by atoms with Gasteiger partial charge in [0.25, 0.3) is 0 Å². The molecule has 7 nitrogen and oxygen atoms in total. The Labute approximate surface area is 151 Å². The lowest BCUT2D eigenvalue weighted by molar-refractivity contribution is -0.139. The van der Waals surface area contributed by atoms with Gasteiger partial charge in [0.15, 0.2) is 0 Å². The Morgan fingerprint density at radius 2 is 1.88 bits per heavy atom. The number of morpholine rings is 1. The number of hydrogen-bond acceptors (Lipinski definition) is 5. The lowest BCUT2D eigenvalue weighted by atomic mass is 10.1. The summed E-state index contributed by atoms with van der Waals surface area (Å²) in [4.78, 5) is 28.5. The van der Waals surface area contributed by atoms with Gasteiger partial charge in [0.2, 0.25) is 11.8 Å². The number of rotatable bonds is 4. The highest BCUT2D eigenvalue weighted by Crippen LogP contribution is 2.40. The number of amides is 2. The molecule has 2 heterocycles. The fraction of sp³-hybridized carbons (Fsp3) is 0.529. The molecule has 2 aliphatic rings. The van der Waals surface area contributed by atoms with Crippen LogP contribution in [0.2, 0.25) is 5.02 Å². The number of ether oxygens (including phenoxy) is 3. The van der Waals surface area contributed by atoms with Crippen molar-refractivity contribution >= 4 is 29.1 Å². The number of carbonyl (C=O) groups excluding carboxylic acids is 2. The average Bonchev–Trinajstić information content (AvgIpc) is 3.03. The van der Waals surface area contributed by atoms with Crippen molar-refractivity contribution in [2.45, 2.75) is 6.42 Å². The van der Waals surface area contributed by atoms with Crippen molar-refractivity contribution in [2.75, 3.05) is 52.0 Å². The molecular formula is C17H21ClN2O5. The van der Waals surface area contributed by atoms with Crippen molar-refractivity contribution in [2.24, 2.45) is 5.92 Å². The van der Waals surface area contributed by atoms with Crippen LogP contribution in [0.25, 0.3) is 0 Å². The highest BCUT2D eigenvalue weighted by atomic mass is 35.5. The first-order valence-corrected chi connectivity index (χ1v) is 8.51. The molecule has 0 spiro atoms. The quantitative estimate of drug-likeness (QED) is 0.807. The summed E-state index contributed by atoms with van der Waals surface area (Å²) < 4.78 is 15.8. The molecule has 136 valence electrons. The van der Waals surface area contributed by atoms with Crippen LogP contribution in [0, 0.1) is 5.92 Å². The fourth-order valence-electron chi connectivity index (χ4n) is 3.20. The first kappa shape index (κ1) is 17.8. The van der Waals surface area contributed by atoms with E-state index in [0.717, 1.165) is 0 Å². The second-order valence-corrected chi connectivity index (χ2v) is 6.41. The van der Waals surface area contributed by atoms with Gasteiger partial charge in [0.1, 0.15) is 11.5 Å². The summed E-state index contributed by atoms with van der Waals surface area (Å²) in [5.41, 5.74) is 0.551. The van der Waals surface area contributed by atoms with Crippen LogP contribution in [0.1, 0.15) is 6.42 Å². The molecule has 0 bridgehead atoms. The van der Waals surface area contributed by atoms with Crippen molar-refractivity contribution < 1.29 is 23.8 Å². The summed E-state index contributed by atoms with van der Waals surface area (Å²) in [6.45, 7) is 2.53. The second kappa shape index (κ2) is 7.49. The summed E-state index contributed by atoms with van der Waals surface area (Å²) >= 11 is 6.20. The van der Waals surface area contributed by atoms with Gasteiger partial charge in [-0.3, -0.25) is 9.59 Å². The molecule has 2 amide bonds. The van der Waals surface area contributed by atoms with E-state index in [1.807, 2.05) is 0 Å². The molecule has 0 N–H and O–H groups in total. The van der Waals surface area contributed by atoms with Crippen LogP contribution < -0.4 is 14.4 Å². The summed E-state index contributed by atoms with van der Waals surface area (Å²) in [5, 5.41) is 0.383. The molecule has 0 aromatic heterocycles. The predicted molar refractivity (Wildman–Crippen MR) is 92.4 cm³/mol. The van der Waals surface area contributed by atoms with E-state index in [9.17, 15) is 9.59 Å². The minimum Gasteiger partial charge on any atom is -0.495 e. The minimum absolute atomic E-state index is 0.00211. The lowest BCUT2D eigenvalue weighted by Gasteiger charge is -2.29. The third-order valence-electron chi connectivity index (χ3n) is 4.54. The molecule has 3 rings (SSSR count). The van der Waals surface area contributed by atoms with E-state index >= 15 is 0 Å². The zero-order chi connectivity index (χ0) is 18.0. The van der Waals surface area contributed by atoms with Gasteiger partial charge in [0.05, 0.1) is 44.1 Å². The molecule has 2 saturated heterocycles. The second-order valence-electron chi connectivity index (χ2n) is 6.00. The Morgan fingerprint density at radius 3 is 2.52 bits per heavy atom. The highest BCUT2D eigenvalue weighted by molar-refractivity contribution is 6.32. The third-order valence-corrected chi connectivity index (χ3v) is 4.84. The molecule has 1 atom stereocenters. The monoisotopic (exact) mass is 368 g/mol. The summed E-state index contributed by atoms with van der Waals surface area (Å²) in [5.74, 6) is 0.462. The molecule has 1 aromatic carbocycles. The Balaban J connectivity index is 1.81. The van der Waals surface area contributed by atoms with Gasteiger partial charge < -0.3 is 24.0 Å². The number of nitrogens with zero attached hydrogens (tertiary/aromatic N) is 2. The third kappa shape index (κ3) is 3.52. The number of hydrogen-bond donors (Lipinski definition) is 0. The number of carbonyl (C=O) groups is 2. The maximum Gasteiger partial charge on any atom is 0.228 e. The number of benzene rings is 1. The van der Waals surface area contributed by atoms with Crippen LogP contribution in [0.15, 0.2) is 12.1 Å². The summed E-state index contributed by atoms with van der Waals surface area (Å²) in [6, 6.07) is 3.28. The largest absolute Gasteiger partial charge is 0.495 e. The zero-order valence-corrected chi connectivity index (χ0v) is 15.0. The molecule has 1 aromatic rings. The van der Waals surface area contributed by atoms with Crippen molar-refractivity contribution in [3.05, 3.63) is 17.2 Å². The zero-order valence-electron chi connectivity index (χ0n) is 14.3. The lowest BCUT2D eigenvalue weighted by Crippen LogP contribution is -2.44. The Hall–Kier alpha value is -1.99. The predicted octanol–water partition coefficient (Wildman–Crippen LogP) is 1.57. The van der Waals surface area contributed by atoms with Crippen LogP contribution in [0.4, 0.5) is 5.69 Å². The SMILES string of the molecule is COc1cc(OC)c(N2CC(C(=O)N3CCOCC3)CC2=O)cc1Cl. The van der Waals surface area contributed by atoms with E-state index in [4.69, 9.17) is 25.8 Å². The molecule has 0 radical (unpaired) electrons. The summed E-state index contributed by atoms with van der Waals surface area (Å²) in [7, 11) is 3.03. The van der Waals surface area contributed by atoms with E-state index in [1.165, 1.54) is 14.2 Å². The smallest absolute Gasteiger partial charge is 0.228 e. The molecule has 8 heteroatoms. The van der Waals surface area contributed by atoms with Gasteiger partial charge in [-0.15, -0.1) is 0 Å². The standard InChI is InChI=1S/C17H21ClN2O5/c1-23-14-9-15(24-2)13(8-12(14)18)20-10-11(7-16(20)21)17(22)19-3-5-25-6-4-19/h8-9,11H,3-7,10H2,1-2H3. The van der Waals surface area contributed by atoms with Crippen LogP contribution in [-0.4, -0.2) is 63.8 Å². The molecule has 0 aliphatic carbocycles. The molecule has 25 heavy (non-hydrogen) atoms. The van der Waals surface area contributed by atoms with Gasteiger partial charge in [-0.1, -0.05) is 11.6 Å². The summed E-state index contributed by atoms with van der Waals surface area (Å²) in [6.07, 6.45) is 0.184. The van der Waals surface area contributed by atoms with E-state index in [-0.39, 0.29) is 24.2 Å². The Bertz CT molecular complexity index is 675. The van der Waals surface area contributed by atoms with Crippen LogP contribution >= 0.6 is 11.6 Å². The van der Waals surface area contributed by atoms with Gasteiger partial charge >= 0.3 is 0 Å². The number of anilines is 1. The Kier molecular flexibility index (Phi) is 5.34. The minimum atomic E-state index is -0.365. The highest BCUT2D eigenvalue weighted by Gasteiger charge is 2.38. The van der Waals surface area contributed by atoms with Gasteiger partial charge in [-0.05, 0) is 6.07 Å².